The highest BCUT2D eigenvalue weighted by Gasteiger charge is 2.24. The first kappa shape index (κ1) is 17.5. The third-order valence-electron chi connectivity index (χ3n) is 6.24. The maximum atomic E-state index is 5.45. The lowest BCUT2D eigenvalue weighted by molar-refractivity contribution is 0.345. The number of aromatic nitrogens is 1. The zero-order valence-electron chi connectivity index (χ0n) is 16.2. The minimum atomic E-state index is 0.626. The Morgan fingerprint density at radius 2 is 1.79 bits per heavy atom. The minimum Gasteiger partial charge on any atom is -0.444 e. The highest BCUT2D eigenvalue weighted by Crippen LogP contribution is 2.27. The van der Waals surface area contributed by atoms with E-state index in [2.05, 4.69) is 63.7 Å². The van der Waals surface area contributed by atoms with E-state index in [4.69, 9.17) is 4.42 Å². The van der Waals surface area contributed by atoms with Gasteiger partial charge in [-0.2, -0.15) is 0 Å². The molecule has 0 spiro atoms. The lowest BCUT2D eigenvalue weighted by atomic mass is 9.87. The Kier molecular flexibility index (Phi) is 4.88. The molecule has 3 aromatic rings. The maximum absolute atomic E-state index is 5.45. The van der Waals surface area contributed by atoms with Crippen molar-refractivity contribution in [1.29, 1.82) is 0 Å². The first-order chi connectivity index (χ1) is 13.8. The second kappa shape index (κ2) is 7.80. The molecule has 0 radical (unpaired) electrons. The maximum Gasteiger partial charge on any atom is 0.181 e. The molecule has 2 heterocycles. The summed E-state index contributed by atoms with van der Waals surface area (Å²) in [5.74, 6) is 0.830. The second-order valence-corrected chi connectivity index (χ2v) is 8.05. The van der Waals surface area contributed by atoms with Crippen LogP contribution in [-0.2, 0) is 12.8 Å². The van der Waals surface area contributed by atoms with Crippen LogP contribution in [0, 0.1) is 0 Å². The number of hydrogen-bond donors (Lipinski definition) is 1. The van der Waals surface area contributed by atoms with E-state index >= 15 is 0 Å². The first-order valence-electron chi connectivity index (χ1n) is 10.4. The highest BCUT2D eigenvalue weighted by molar-refractivity contribution is 5.64. The van der Waals surface area contributed by atoms with Crippen molar-refractivity contribution in [2.24, 2.45) is 0 Å². The molecule has 1 unspecified atom stereocenters. The molecule has 1 aliphatic heterocycles. The van der Waals surface area contributed by atoms with Gasteiger partial charge in [0.1, 0.15) is 0 Å². The summed E-state index contributed by atoms with van der Waals surface area (Å²) in [4.78, 5) is 6.53. The molecule has 1 aromatic heterocycles. The van der Waals surface area contributed by atoms with E-state index in [1.807, 2.05) is 0 Å². The summed E-state index contributed by atoms with van der Waals surface area (Å²) in [7, 11) is 0. The number of fused-ring (bicyclic) bond motifs is 1. The number of anilines is 1. The van der Waals surface area contributed by atoms with Crippen LogP contribution in [0.3, 0.4) is 0 Å². The molecule has 144 valence electrons. The monoisotopic (exact) mass is 373 g/mol. The fourth-order valence-electron chi connectivity index (χ4n) is 4.69. The molecular weight excluding hydrogens is 346 g/mol. The van der Waals surface area contributed by atoms with Crippen molar-refractivity contribution >= 4 is 5.69 Å². The third-order valence-corrected chi connectivity index (χ3v) is 6.24. The number of benzene rings is 2. The van der Waals surface area contributed by atoms with Gasteiger partial charge in [-0.25, -0.2) is 4.98 Å². The second-order valence-electron chi connectivity index (χ2n) is 8.05. The third kappa shape index (κ3) is 3.69. The van der Waals surface area contributed by atoms with Crippen molar-refractivity contribution in [3.05, 3.63) is 72.2 Å². The fourth-order valence-corrected chi connectivity index (χ4v) is 4.69. The van der Waals surface area contributed by atoms with Crippen molar-refractivity contribution in [2.75, 3.05) is 18.0 Å². The van der Waals surface area contributed by atoms with E-state index in [9.17, 15) is 0 Å². The number of piperidine rings is 1. The van der Waals surface area contributed by atoms with E-state index in [1.165, 1.54) is 49.7 Å². The molecular formula is C24H27N3O. The lowest BCUT2D eigenvalue weighted by Gasteiger charge is -2.37. The van der Waals surface area contributed by atoms with Crippen molar-refractivity contribution < 1.29 is 4.42 Å². The molecule has 1 saturated heterocycles. The summed E-state index contributed by atoms with van der Waals surface area (Å²) in [5, 5.41) is 3.95. The highest BCUT2D eigenvalue weighted by atomic mass is 16.3. The molecule has 4 heteroatoms. The molecule has 1 N–H and O–H groups in total. The quantitative estimate of drug-likeness (QED) is 0.733. The molecule has 0 bridgehead atoms. The van der Waals surface area contributed by atoms with Crippen molar-refractivity contribution in [3.63, 3.8) is 0 Å². The van der Waals surface area contributed by atoms with E-state index in [0.717, 1.165) is 24.4 Å². The van der Waals surface area contributed by atoms with E-state index in [1.54, 1.807) is 11.8 Å². The summed E-state index contributed by atoms with van der Waals surface area (Å²) in [6.45, 7) is 2.20. The largest absolute Gasteiger partial charge is 0.444 e. The molecule has 4 nitrogen and oxygen atoms in total. The topological polar surface area (TPSA) is 41.3 Å². The molecule has 2 aromatic carbocycles. The molecule has 0 saturated carbocycles. The van der Waals surface area contributed by atoms with Gasteiger partial charge in [-0.15, -0.1) is 0 Å². The van der Waals surface area contributed by atoms with Gasteiger partial charge in [0.25, 0.3) is 0 Å². The standard InChI is InChI=1S/C24H27N3O/c1-2-5-19-14-22(9-8-18(19)4-1)26-21-10-12-27(13-11-21)23-7-3-6-20(15-23)24-16-25-17-28-24/h1-7,15-17,21-22,26H,8-14H2. The average molecular weight is 374 g/mol. The zero-order chi connectivity index (χ0) is 18.8. The summed E-state index contributed by atoms with van der Waals surface area (Å²) >= 11 is 0. The average Bonchev–Trinajstić information content (AvgIpc) is 3.29. The van der Waals surface area contributed by atoms with Gasteiger partial charge in [-0.1, -0.05) is 36.4 Å². The van der Waals surface area contributed by atoms with Crippen LogP contribution in [0.5, 0.6) is 0 Å². The number of rotatable bonds is 4. The Morgan fingerprint density at radius 1 is 0.929 bits per heavy atom. The van der Waals surface area contributed by atoms with Gasteiger partial charge < -0.3 is 14.6 Å². The molecule has 1 fully saturated rings. The SMILES string of the molecule is c1cc(-c2cnco2)cc(N2CCC(NC3CCc4ccccc4C3)CC2)c1. The van der Waals surface area contributed by atoms with Crippen LogP contribution in [0.4, 0.5) is 5.69 Å². The summed E-state index contributed by atoms with van der Waals surface area (Å²) in [5.41, 5.74) is 5.45. The predicted molar refractivity (Wildman–Crippen MR) is 113 cm³/mol. The number of nitrogens with one attached hydrogen (secondary N) is 1. The molecule has 5 rings (SSSR count). The van der Waals surface area contributed by atoms with Crippen LogP contribution in [-0.4, -0.2) is 30.2 Å². The van der Waals surface area contributed by atoms with Gasteiger partial charge in [-0.3, -0.25) is 0 Å². The van der Waals surface area contributed by atoms with E-state index in [-0.39, 0.29) is 0 Å². The number of nitrogens with zero attached hydrogens (tertiary/aromatic N) is 2. The molecule has 28 heavy (non-hydrogen) atoms. The van der Waals surface area contributed by atoms with Crippen LogP contribution < -0.4 is 10.2 Å². The van der Waals surface area contributed by atoms with E-state index in [0.29, 0.717) is 12.1 Å². The van der Waals surface area contributed by atoms with Crippen molar-refractivity contribution in [3.8, 4) is 11.3 Å². The molecule has 1 aliphatic carbocycles. The smallest absolute Gasteiger partial charge is 0.181 e. The van der Waals surface area contributed by atoms with Crippen LogP contribution in [0.25, 0.3) is 11.3 Å². The molecule has 2 aliphatic rings. The number of oxazole rings is 1. The van der Waals surface area contributed by atoms with Gasteiger partial charge in [-0.05, 0) is 55.4 Å². The molecule has 1 atom stereocenters. The van der Waals surface area contributed by atoms with Gasteiger partial charge >= 0.3 is 0 Å². The van der Waals surface area contributed by atoms with Crippen LogP contribution in [0.2, 0.25) is 0 Å². The predicted octanol–water partition coefficient (Wildman–Crippen LogP) is 4.46. The van der Waals surface area contributed by atoms with Crippen LogP contribution >= 0.6 is 0 Å². The van der Waals surface area contributed by atoms with Crippen molar-refractivity contribution in [2.45, 2.75) is 44.2 Å². The van der Waals surface area contributed by atoms with E-state index < -0.39 is 0 Å². The van der Waals surface area contributed by atoms with Gasteiger partial charge in [0.2, 0.25) is 0 Å². The lowest BCUT2D eigenvalue weighted by Crippen LogP contribution is -2.47. The number of aryl methyl sites for hydroxylation is 1. The number of hydrogen-bond acceptors (Lipinski definition) is 4. The van der Waals surface area contributed by atoms with Crippen LogP contribution in [0.1, 0.15) is 30.4 Å². The Hall–Kier alpha value is -2.59. The van der Waals surface area contributed by atoms with Crippen molar-refractivity contribution in [1.82, 2.24) is 10.3 Å². The fraction of sp³-hybridized carbons (Fsp3) is 0.375. The Balaban J connectivity index is 1.18. The molecule has 0 amide bonds. The Labute approximate surface area is 166 Å². The first-order valence-corrected chi connectivity index (χ1v) is 10.4. The Bertz CT molecular complexity index is 913. The summed E-state index contributed by atoms with van der Waals surface area (Å²) in [6.07, 6.45) is 9.31. The normalized spacial score (nSPS) is 20.1. The van der Waals surface area contributed by atoms with Gasteiger partial charge in [0.05, 0.1) is 6.20 Å². The van der Waals surface area contributed by atoms with Gasteiger partial charge in [0, 0.05) is 36.4 Å². The van der Waals surface area contributed by atoms with Crippen LogP contribution in [0.15, 0.2) is 65.5 Å². The summed E-state index contributed by atoms with van der Waals surface area (Å²) in [6, 6.07) is 18.8. The zero-order valence-corrected chi connectivity index (χ0v) is 16.2. The Morgan fingerprint density at radius 3 is 2.61 bits per heavy atom. The minimum absolute atomic E-state index is 0.626. The van der Waals surface area contributed by atoms with Gasteiger partial charge in [0.15, 0.2) is 12.2 Å². The summed E-state index contributed by atoms with van der Waals surface area (Å²) < 4.78 is 5.45.